The maximum atomic E-state index is 12.7. The Morgan fingerprint density at radius 2 is 1.88 bits per heavy atom. The summed E-state index contributed by atoms with van der Waals surface area (Å²) < 4.78 is 5.73. The first-order chi connectivity index (χ1) is 11.6. The van der Waals surface area contributed by atoms with Crippen molar-refractivity contribution < 1.29 is 9.53 Å². The minimum absolute atomic E-state index is 0.162. The predicted molar refractivity (Wildman–Crippen MR) is 99.5 cm³/mol. The van der Waals surface area contributed by atoms with E-state index in [-0.39, 0.29) is 5.91 Å². The van der Waals surface area contributed by atoms with Gasteiger partial charge < -0.3 is 14.5 Å². The van der Waals surface area contributed by atoms with Gasteiger partial charge in [-0.3, -0.25) is 4.79 Å². The lowest BCUT2D eigenvalue weighted by atomic mass is 10.2. The van der Waals surface area contributed by atoms with Crippen molar-refractivity contribution in [2.24, 2.45) is 0 Å². The third-order valence-corrected chi connectivity index (χ3v) is 5.31. The van der Waals surface area contributed by atoms with Crippen molar-refractivity contribution in [1.29, 1.82) is 0 Å². The summed E-state index contributed by atoms with van der Waals surface area (Å²) in [6, 6.07) is 10.1. The summed E-state index contributed by atoms with van der Waals surface area (Å²) in [7, 11) is 0. The summed E-state index contributed by atoms with van der Waals surface area (Å²) >= 11 is 1.69. The molecular formula is C19H24N2O2S. The van der Waals surface area contributed by atoms with Gasteiger partial charge in [0, 0.05) is 35.9 Å². The molecular weight excluding hydrogens is 320 g/mol. The Kier molecular flexibility index (Phi) is 5.09. The van der Waals surface area contributed by atoms with Gasteiger partial charge in [0.15, 0.2) is 0 Å². The molecule has 1 aliphatic rings. The third-order valence-electron chi connectivity index (χ3n) is 4.34. The lowest BCUT2D eigenvalue weighted by Gasteiger charge is -2.36. The Hall–Kier alpha value is -2.01. The fourth-order valence-electron chi connectivity index (χ4n) is 3.16. The van der Waals surface area contributed by atoms with Crippen molar-refractivity contribution in [3.8, 4) is 5.75 Å². The highest BCUT2D eigenvalue weighted by Crippen LogP contribution is 2.29. The Bertz CT molecular complexity index is 718. The summed E-state index contributed by atoms with van der Waals surface area (Å²) in [5, 5.41) is 0. The molecule has 0 saturated carbocycles. The predicted octanol–water partition coefficient (Wildman–Crippen LogP) is 3.73. The highest BCUT2D eigenvalue weighted by atomic mass is 32.1. The number of carbonyl (C=O) groups excluding carboxylic acids is 1. The van der Waals surface area contributed by atoms with Crippen LogP contribution in [-0.4, -0.2) is 43.6 Å². The van der Waals surface area contributed by atoms with Gasteiger partial charge in [-0.15, -0.1) is 11.3 Å². The molecule has 0 radical (unpaired) electrons. The number of para-hydroxylation sites is 2. The standard InChI is InChI=1S/C19H24N2O2S/c1-4-23-18-8-6-5-7-17(18)20-9-11-21(12-10-20)19(22)16-13-14(2)24-15(16)3/h5-8,13H,4,9-12H2,1-3H3. The Labute approximate surface area is 147 Å². The number of thiophene rings is 1. The van der Waals surface area contributed by atoms with Crippen LogP contribution >= 0.6 is 11.3 Å². The van der Waals surface area contributed by atoms with Crippen LogP contribution in [0.2, 0.25) is 0 Å². The van der Waals surface area contributed by atoms with E-state index in [4.69, 9.17) is 4.74 Å². The zero-order chi connectivity index (χ0) is 17.1. The molecule has 4 nitrogen and oxygen atoms in total. The molecule has 2 heterocycles. The number of hydrogen-bond donors (Lipinski definition) is 0. The molecule has 3 rings (SSSR count). The second-order valence-corrected chi connectivity index (χ2v) is 7.47. The molecule has 0 unspecified atom stereocenters. The molecule has 1 aromatic heterocycles. The van der Waals surface area contributed by atoms with Crippen molar-refractivity contribution in [1.82, 2.24) is 4.90 Å². The minimum atomic E-state index is 0.162. The van der Waals surface area contributed by atoms with Crippen LogP contribution in [0.5, 0.6) is 5.75 Å². The molecule has 0 atom stereocenters. The van der Waals surface area contributed by atoms with Gasteiger partial charge in [0.05, 0.1) is 17.9 Å². The highest BCUT2D eigenvalue weighted by molar-refractivity contribution is 7.12. The molecule has 2 aromatic rings. The summed E-state index contributed by atoms with van der Waals surface area (Å²) in [4.78, 5) is 19.3. The van der Waals surface area contributed by atoms with E-state index in [9.17, 15) is 4.79 Å². The molecule has 1 amide bonds. The Balaban J connectivity index is 1.68. The van der Waals surface area contributed by atoms with Crippen molar-refractivity contribution in [2.45, 2.75) is 20.8 Å². The first kappa shape index (κ1) is 16.8. The lowest BCUT2D eigenvalue weighted by molar-refractivity contribution is 0.0746. The molecule has 1 saturated heterocycles. The van der Waals surface area contributed by atoms with Gasteiger partial charge in [-0.25, -0.2) is 0 Å². The maximum absolute atomic E-state index is 12.7. The van der Waals surface area contributed by atoms with Gasteiger partial charge in [-0.2, -0.15) is 0 Å². The second-order valence-electron chi connectivity index (χ2n) is 6.01. The Morgan fingerprint density at radius 1 is 1.17 bits per heavy atom. The van der Waals surface area contributed by atoms with Gasteiger partial charge in [0.1, 0.15) is 5.75 Å². The van der Waals surface area contributed by atoms with Crippen LogP contribution < -0.4 is 9.64 Å². The van der Waals surface area contributed by atoms with E-state index < -0.39 is 0 Å². The maximum Gasteiger partial charge on any atom is 0.255 e. The van der Waals surface area contributed by atoms with E-state index in [2.05, 4.69) is 17.9 Å². The van der Waals surface area contributed by atoms with Gasteiger partial charge >= 0.3 is 0 Å². The fraction of sp³-hybridized carbons (Fsp3) is 0.421. The number of nitrogens with zero attached hydrogens (tertiary/aromatic N) is 2. The molecule has 0 N–H and O–H groups in total. The number of amides is 1. The number of carbonyl (C=O) groups is 1. The monoisotopic (exact) mass is 344 g/mol. The van der Waals surface area contributed by atoms with Crippen LogP contribution in [0, 0.1) is 13.8 Å². The quantitative estimate of drug-likeness (QED) is 0.847. The minimum Gasteiger partial charge on any atom is -0.492 e. The molecule has 0 bridgehead atoms. The number of aryl methyl sites for hydroxylation is 2. The Morgan fingerprint density at radius 3 is 2.50 bits per heavy atom. The van der Waals surface area contributed by atoms with Crippen LogP contribution in [0.3, 0.4) is 0 Å². The zero-order valence-corrected chi connectivity index (χ0v) is 15.4. The topological polar surface area (TPSA) is 32.8 Å². The summed E-state index contributed by atoms with van der Waals surface area (Å²) in [5.74, 6) is 1.08. The third kappa shape index (κ3) is 3.41. The normalized spacial score (nSPS) is 14.8. The van der Waals surface area contributed by atoms with E-state index in [0.29, 0.717) is 6.61 Å². The van der Waals surface area contributed by atoms with Gasteiger partial charge in [0.25, 0.3) is 5.91 Å². The van der Waals surface area contributed by atoms with Crippen molar-refractivity contribution >= 4 is 22.9 Å². The molecule has 0 aliphatic carbocycles. The van der Waals surface area contributed by atoms with Crippen molar-refractivity contribution in [2.75, 3.05) is 37.7 Å². The molecule has 128 valence electrons. The number of rotatable bonds is 4. The first-order valence-corrected chi connectivity index (χ1v) is 9.25. The molecule has 1 aliphatic heterocycles. The van der Waals surface area contributed by atoms with E-state index >= 15 is 0 Å². The average Bonchev–Trinajstić information content (AvgIpc) is 2.93. The average molecular weight is 344 g/mol. The van der Waals surface area contributed by atoms with Crippen LogP contribution in [0.25, 0.3) is 0 Å². The molecule has 1 aromatic carbocycles. The number of benzene rings is 1. The SMILES string of the molecule is CCOc1ccccc1N1CCN(C(=O)c2cc(C)sc2C)CC1. The number of anilines is 1. The second kappa shape index (κ2) is 7.26. The van der Waals surface area contributed by atoms with Crippen LogP contribution in [-0.2, 0) is 0 Å². The van der Waals surface area contributed by atoms with Gasteiger partial charge in [-0.05, 0) is 39.0 Å². The summed E-state index contributed by atoms with van der Waals surface area (Å²) in [6.45, 7) is 9.89. The highest BCUT2D eigenvalue weighted by Gasteiger charge is 2.25. The summed E-state index contributed by atoms with van der Waals surface area (Å²) in [5.41, 5.74) is 1.98. The van der Waals surface area contributed by atoms with E-state index in [1.54, 1.807) is 11.3 Å². The number of piperazine rings is 1. The smallest absolute Gasteiger partial charge is 0.255 e. The van der Waals surface area contributed by atoms with Crippen molar-refractivity contribution in [3.05, 3.63) is 45.6 Å². The molecule has 24 heavy (non-hydrogen) atoms. The van der Waals surface area contributed by atoms with Gasteiger partial charge in [0.2, 0.25) is 0 Å². The van der Waals surface area contributed by atoms with Crippen LogP contribution in [0.4, 0.5) is 5.69 Å². The van der Waals surface area contributed by atoms with E-state index in [1.165, 1.54) is 4.88 Å². The van der Waals surface area contributed by atoms with Crippen LogP contribution in [0.15, 0.2) is 30.3 Å². The lowest BCUT2D eigenvalue weighted by Crippen LogP contribution is -2.49. The van der Waals surface area contributed by atoms with E-state index in [0.717, 1.165) is 48.1 Å². The molecule has 5 heteroatoms. The fourth-order valence-corrected chi connectivity index (χ4v) is 4.08. The number of ether oxygens (including phenoxy) is 1. The van der Waals surface area contributed by atoms with Crippen molar-refractivity contribution in [3.63, 3.8) is 0 Å². The first-order valence-electron chi connectivity index (χ1n) is 8.43. The van der Waals surface area contributed by atoms with Gasteiger partial charge in [-0.1, -0.05) is 12.1 Å². The van der Waals surface area contributed by atoms with Crippen LogP contribution in [0.1, 0.15) is 27.0 Å². The largest absolute Gasteiger partial charge is 0.492 e. The summed E-state index contributed by atoms with van der Waals surface area (Å²) in [6.07, 6.45) is 0. The molecule has 0 spiro atoms. The zero-order valence-electron chi connectivity index (χ0n) is 14.5. The molecule has 1 fully saturated rings. The van der Waals surface area contributed by atoms with E-state index in [1.807, 2.05) is 43.0 Å². The number of hydrogen-bond acceptors (Lipinski definition) is 4.